The van der Waals surface area contributed by atoms with E-state index >= 15 is 0 Å². The van der Waals surface area contributed by atoms with Gasteiger partial charge in [0.15, 0.2) is 0 Å². The number of hydrogen-bond acceptors (Lipinski definition) is 3. The lowest BCUT2D eigenvalue weighted by Gasteiger charge is -2.18. The highest BCUT2D eigenvalue weighted by atomic mass is 16.5. The summed E-state index contributed by atoms with van der Waals surface area (Å²) >= 11 is 0. The Balaban J connectivity index is 2.82. The molecule has 3 heteroatoms. The molecule has 0 saturated carbocycles. The first-order valence-electron chi connectivity index (χ1n) is 5.85. The number of pyridine rings is 1. The van der Waals surface area contributed by atoms with E-state index in [1.54, 1.807) is 7.11 Å². The number of aromatic nitrogens is 1. The Kier molecular flexibility index (Phi) is 5.43. The normalized spacial score (nSPS) is 12.8. The molecule has 1 atom stereocenters. The molecule has 3 nitrogen and oxygen atoms in total. The molecule has 1 N–H and O–H groups in total. The summed E-state index contributed by atoms with van der Waals surface area (Å²) in [5.74, 6) is 0. The molecular weight excluding hydrogens is 200 g/mol. The van der Waals surface area contributed by atoms with Crippen molar-refractivity contribution in [1.82, 2.24) is 10.3 Å². The van der Waals surface area contributed by atoms with Crippen molar-refractivity contribution in [3.63, 3.8) is 0 Å². The summed E-state index contributed by atoms with van der Waals surface area (Å²) in [6.07, 6.45) is 1.13. The molecule has 16 heavy (non-hydrogen) atoms. The number of hydrogen-bond donors (Lipinski definition) is 1. The molecule has 1 aromatic heterocycles. The first kappa shape index (κ1) is 13.1. The number of methoxy groups -OCH3 is 1. The lowest BCUT2D eigenvalue weighted by atomic mass is 10.1. The molecule has 0 aliphatic heterocycles. The van der Waals surface area contributed by atoms with Crippen LogP contribution in [0.3, 0.4) is 0 Å². The molecule has 0 bridgehead atoms. The minimum atomic E-state index is 0.269. The van der Waals surface area contributed by atoms with E-state index in [2.05, 4.69) is 29.4 Å². The highest BCUT2D eigenvalue weighted by Crippen LogP contribution is 2.15. The van der Waals surface area contributed by atoms with Gasteiger partial charge in [-0.05, 0) is 44.5 Å². The SMILES string of the molecule is CCCNC(COC)c1cc(C)nc(C)c1. The number of ether oxygens (including phenoxy) is 1. The van der Waals surface area contributed by atoms with Gasteiger partial charge in [-0.25, -0.2) is 0 Å². The van der Waals surface area contributed by atoms with Gasteiger partial charge in [-0.3, -0.25) is 4.98 Å². The number of rotatable bonds is 6. The number of nitrogens with one attached hydrogen (secondary N) is 1. The van der Waals surface area contributed by atoms with Crippen molar-refractivity contribution >= 4 is 0 Å². The molecule has 0 aliphatic carbocycles. The van der Waals surface area contributed by atoms with E-state index in [0.29, 0.717) is 6.61 Å². The van der Waals surface area contributed by atoms with Gasteiger partial charge in [-0.2, -0.15) is 0 Å². The van der Waals surface area contributed by atoms with E-state index in [9.17, 15) is 0 Å². The van der Waals surface area contributed by atoms with Gasteiger partial charge in [0, 0.05) is 18.5 Å². The average Bonchev–Trinajstić information content (AvgIpc) is 2.22. The predicted molar refractivity (Wildman–Crippen MR) is 66.6 cm³/mol. The second-order valence-electron chi connectivity index (χ2n) is 4.15. The Labute approximate surface area is 98.2 Å². The highest BCUT2D eigenvalue weighted by molar-refractivity contribution is 5.23. The second-order valence-corrected chi connectivity index (χ2v) is 4.15. The maximum atomic E-state index is 5.25. The van der Waals surface area contributed by atoms with Crippen LogP contribution in [0.25, 0.3) is 0 Å². The number of aryl methyl sites for hydroxylation is 2. The zero-order valence-electron chi connectivity index (χ0n) is 10.7. The molecular formula is C13H22N2O. The van der Waals surface area contributed by atoms with Crippen LogP contribution in [-0.2, 0) is 4.74 Å². The van der Waals surface area contributed by atoms with E-state index in [1.807, 2.05) is 13.8 Å². The maximum absolute atomic E-state index is 5.25. The monoisotopic (exact) mass is 222 g/mol. The standard InChI is InChI=1S/C13H22N2O/c1-5-6-14-13(9-16-4)12-7-10(2)15-11(3)8-12/h7-8,13-14H,5-6,9H2,1-4H3. The molecule has 1 unspecified atom stereocenters. The molecule has 0 aromatic carbocycles. The fourth-order valence-corrected chi connectivity index (χ4v) is 1.83. The molecule has 0 spiro atoms. The quantitative estimate of drug-likeness (QED) is 0.802. The smallest absolute Gasteiger partial charge is 0.0657 e. The Bertz CT molecular complexity index is 305. The van der Waals surface area contributed by atoms with E-state index in [0.717, 1.165) is 24.4 Å². The summed E-state index contributed by atoms with van der Waals surface area (Å²) in [4.78, 5) is 4.39. The molecule has 0 aliphatic rings. The second kappa shape index (κ2) is 6.61. The molecule has 0 saturated heterocycles. The van der Waals surface area contributed by atoms with Gasteiger partial charge in [0.2, 0.25) is 0 Å². The number of nitrogens with zero attached hydrogens (tertiary/aromatic N) is 1. The van der Waals surface area contributed by atoms with Gasteiger partial charge in [-0.1, -0.05) is 6.92 Å². The zero-order chi connectivity index (χ0) is 12.0. The lowest BCUT2D eigenvalue weighted by Crippen LogP contribution is -2.26. The van der Waals surface area contributed by atoms with E-state index in [4.69, 9.17) is 4.74 Å². The molecule has 1 heterocycles. The van der Waals surface area contributed by atoms with Gasteiger partial charge in [0.25, 0.3) is 0 Å². The van der Waals surface area contributed by atoms with Crippen molar-refractivity contribution in [2.24, 2.45) is 0 Å². The van der Waals surface area contributed by atoms with Crippen LogP contribution in [0.2, 0.25) is 0 Å². The van der Waals surface area contributed by atoms with Crippen molar-refractivity contribution in [3.05, 3.63) is 29.1 Å². The van der Waals surface area contributed by atoms with Crippen molar-refractivity contribution < 1.29 is 4.74 Å². The van der Waals surface area contributed by atoms with Crippen LogP contribution in [-0.4, -0.2) is 25.2 Å². The fraction of sp³-hybridized carbons (Fsp3) is 0.615. The van der Waals surface area contributed by atoms with E-state index < -0.39 is 0 Å². The summed E-state index contributed by atoms with van der Waals surface area (Å²) in [5.41, 5.74) is 3.39. The maximum Gasteiger partial charge on any atom is 0.0657 e. The Morgan fingerprint density at radius 1 is 1.31 bits per heavy atom. The van der Waals surface area contributed by atoms with Gasteiger partial charge >= 0.3 is 0 Å². The van der Waals surface area contributed by atoms with Crippen LogP contribution in [0.4, 0.5) is 0 Å². The third kappa shape index (κ3) is 3.91. The van der Waals surface area contributed by atoms with E-state index in [1.165, 1.54) is 5.56 Å². The third-order valence-electron chi connectivity index (χ3n) is 2.48. The van der Waals surface area contributed by atoms with Crippen LogP contribution in [0.1, 0.15) is 36.3 Å². The Morgan fingerprint density at radius 3 is 2.44 bits per heavy atom. The van der Waals surface area contributed by atoms with Gasteiger partial charge < -0.3 is 10.1 Å². The summed E-state index contributed by atoms with van der Waals surface area (Å²) in [6.45, 7) is 7.93. The molecule has 1 aromatic rings. The lowest BCUT2D eigenvalue weighted by molar-refractivity contribution is 0.167. The first-order valence-corrected chi connectivity index (χ1v) is 5.85. The van der Waals surface area contributed by atoms with Crippen molar-refractivity contribution in [2.45, 2.75) is 33.2 Å². The summed E-state index contributed by atoms with van der Waals surface area (Å²) in [7, 11) is 1.74. The summed E-state index contributed by atoms with van der Waals surface area (Å²) in [6, 6.07) is 4.52. The van der Waals surface area contributed by atoms with Crippen LogP contribution in [0.15, 0.2) is 12.1 Å². The molecule has 90 valence electrons. The van der Waals surface area contributed by atoms with Gasteiger partial charge in [0.05, 0.1) is 12.6 Å². The predicted octanol–water partition coefficient (Wildman–Crippen LogP) is 2.39. The molecule has 0 amide bonds. The van der Waals surface area contributed by atoms with Gasteiger partial charge in [0.1, 0.15) is 0 Å². The van der Waals surface area contributed by atoms with Crippen LogP contribution >= 0.6 is 0 Å². The zero-order valence-corrected chi connectivity index (χ0v) is 10.7. The Morgan fingerprint density at radius 2 is 1.94 bits per heavy atom. The first-order chi connectivity index (χ1) is 7.67. The van der Waals surface area contributed by atoms with Crippen molar-refractivity contribution in [2.75, 3.05) is 20.3 Å². The highest BCUT2D eigenvalue weighted by Gasteiger charge is 2.11. The largest absolute Gasteiger partial charge is 0.383 e. The minimum absolute atomic E-state index is 0.269. The van der Waals surface area contributed by atoms with Crippen LogP contribution < -0.4 is 5.32 Å². The Hall–Kier alpha value is -0.930. The summed E-state index contributed by atoms with van der Waals surface area (Å²) in [5, 5.41) is 3.49. The molecule has 0 radical (unpaired) electrons. The molecule has 1 rings (SSSR count). The van der Waals surface area contributed by atoms with Crippen molar-refractivity contribution in [1.29, 1.82) is 0 Å². The fourth-order valence-electron chi connectivity index (χ4n) is 1.83. The topological polar surface area (TPSA) is 34.1 Å². The summed E-state index contributed by atoms with van der Waals surface area (Å²) < 4.78 is 5.25. The van der Waals surface area contributed by atoms with Crippen LogP contribution in [0, 0.1) is 13.8 Å². The third-order valence-corrected chi connectivity index (χ3v) is 2.48. The average molecular weight is 222 g/mol. The van der Waals surface area contributed by atoms with E-state index in [-0.39, 0.29) is 6.04 Å². The molecule has 0 fully saturated rings. The minimum Gasteiger partial charge on any atom is -0.383 e. The van der Waals surface area contributed by atoms with Crippen molar-refractivity contribution in [3.8, 4) is 0 Å². The van der Waals surface area contributed by atoms with Crippen LogP contribution in [0.5, 0.6) is 0 Å². The van der Waals surface area contributed by atoms with Gasteiger partial charge in [-0.15, -0.1) is 0 Å².